The molecule has 62 heavy (non-hydrogen) atoms. The van der Waals surface area contributed by atoms with Crippen LogP contribution in [0.15, 0.2) is 72.8 Å². The molecule has 8 nitrogen and oxygen atoms in total. The van der Waals surface area contributed by atoms with Crippen molar-refractivity contribution in [1.29, 1.82) is 0 Å². The van der Waals surface area contributed by atoms with Crippen LogP contribution in [0.25, 0.3) is 0 Å². The first-order valence-electron chi connectivity index (χ1n) is 23.0. The summed E-state index contributed by atoms with van der Waals surface area (Å²) in [7, 11) is -9.23. The lowest BCUT2D eigenvalue weighted by Gasteiger charge is -2.33. The van der Waals surface area contributed by atoms with Gasteiger partial charge in [-0.3, -0.25) is 18.8 Å². The Hall–Kier alpha value is -4.00. The molecule has 8 aliphatic rings. The van der Waals surface area contributed by atoms with E-state index in [4.69, 9.17) is 18.1 Å². The first-order valence-corrected chi connectivity index (χ1v) is 25.9. The molecule has 0 heterocycles. The van der Waals surface area contributed by atoms with E-state index in [1.807, 2.05) is 0 Å². The minimum Gasteiger partial charge on any atom is -0.403 e. The molecule has 10 heteroatoms. The van der Waals surface area contributed by atoms with Crippen LogP contribution in [0.1, 0.15) is 203 Å². The molecule has 0 saturated heterocycles. The van der Waals surface area contributed by atoms with Crippen LogP contribution in [-0.2, 0) is 18.2 Å². The molecule has 5 aromatic rings. The van der Waals surface area contributed by atoms with Crippen molar-refractivity contribution in [3.05, 3.63) is 162 Å². The smallest absolute Gasteiger partial charge is 0.403 e. The van der Waals surface area contributed by atoms with Crippen LogP contribution in [-0.4, -0.2) is 23.0 Å². The first kappa shape index (κ1) is 38.5. The fourth-order valence-corrected chi connectivity index (χ4v) is 15.4. The first-order chi connectivity index (χ1) is 29.9. The van der Waals surface area contributed by atoms with Crippen LogP contribution >= 0.6 is 15.6 Å². The number of phosphoric ester groups is 2. The summed E-state index contributed by atoms with van der Waals surface area (Å²) in [6.07, 6.45) is 4.80. The minimum absolute atomic E-state index is 0.0918. The Morgan fingerprint density at radius 2 is 0.710 bits per heavy atom. The van der Waals surface area contributed by atoms with Gasteiger partial charge in [0.25, 0.3) is 0 Å². The van der Waals surface area contributed by atoms with Crippen LogP contribution in [0, 0.1) is 11.8 Å². The van der Waals surface area contributed by atoms with Crippen molar-refractivity contribution in [2.45, 2.75) is 114 Å². The Morgan fingerprint density at radius 1 is 0.452 bits per heavy atom. The maximum Gasteiger partial charge on any atom is 0.527 e. The van der Waals surface area contributed by atoms with E-state index >= 15 is 0 Å². The number of hydrogen-bond acceptors (Lipinski definition) is 6. The Labute approximate surface area is 363 Å². The predicted molar refractivity (Wildman–Crippen MR) is 237 cm³/mol. The van der Waals surface area contributed by atoms with Gasteiger partial charge in [0.2, 0.25) is 0 Å². The van der Waals surface area contributed by atoms with E-state index in [2.05, 4.69) is 100 Å². The molecule has 0 saturated carbocycles. The third-order valence-electron chi connectivity index (χ3n) is 16.2. The summed E-state index contributed by atoms with van der Waals surface area (Å²) >= 11 is 0. The molecule has 13 rings (SSSR count). The normalized spacial score (nSPS) is 28.0. The Bertz CT molecular complexity index is 2560. The maximum absolute atomic E-state index is 14.2. The van der Waals surface area contributed by atoms with Gasteiger partial charge in [-0.05, 0) is 117 Å². The zero-order chi connectivity index (χ0) is 42.1. The standard InChI is InChI=1S/C52H52O8P2/c1-25(2)13-15-57-61(53,54)59-51-47-43-23-45(41-21-37-33-17-31(35(37)19-39(41)43)27-9-5-7-11-29(27)33)49(47)52(60-62(55,56)58-16-14-26(3)4)50-46-24-44(48(50)51)40-20-36-32-18-34(38(36)22-42(40)46)30-12-8-6-10-28(30)32/h5-12,19-22,25-26,31-34,43-46H,13-18,23-24H2,1-4H3,(H,53,54)(H,55,56). The molecule has 0 radical (unpaired) electrons. The molecule has 0 fully saturated rings. The monoisotopic (exact) mass is 866 g/mol. The fraction of sp³-hybridized carbons (Fsp3) is 0.423. The molecule has 8 bridgehead atoms. The molecule has 10 unspecified atom stereocenters. The Balaban J connectivity index is 1.000. The largest absolute Gasteiger partial charge is 0.527 e. The van der Waals surface area contributed by atoms with Gasteiger partial charge in [0.15, 0.2) is 0 Å². The quantitative estimate of drug-likeness (QED) is 0.119. The maximum atomic E-state index is 14.2. The van der Waals surface area contributed by atoms with Gasteiger partial charge in [0, 0.05) is 69.6 Å². The van der Waals surface area contributed by atoms with E-state index in [0.29, 0.717) is 48.0 Å². The van der Waals surface area contributed by atoms with Gasteiger partial charge in [0.05, 0.1) is 13.2 Å². The van der Waals surface area contributed by atoms with Gasteiger partial charge in [0.1, 0.15) is 11.5 Å². The van der Waals surface area contributed by atoms with E-state index in [1.165, 1.54) is 66.8 Å². The second kappa shape index (κ2) is 13.3. The van der Waals surface area contributed by atoms with Crippen LogP contribution in [0.5, 0.6) is 11.5 Å². The van der Waals surface area contributed by atoms with Crippen molar-refractivity contribution in [3.63, 3.8) is 0 Å². The number of hydrogen-bond donors (Lipinski definition) is 2. The highest BCUT2D eigenvalue weighted by Crippen LogP contribution is 2.73. The highest BCUT2D eigenvalue weighted by molar-refractivity contribution is 7.48. The number of benzene rings is 5. The average molecular weight is 867 g/mol. The van der Waals surface area contributed by atoms with Gasteiger partial charge in [-0.1, -0.05) is 100 Å². The predicted octanol–water partition coefficient (Wildman–Crippen LogP) is 12.7. The number of rotatable bonds is 12. The van der Waals surface area contributed by atoms with Gasteiger partial charge >= 0.3 is 15.6 Å². The summed E-state index contributed by atoms with van der Waals surface area (Å²) < 4.78 is 53.0. The summed E-state index contributed by atoms with van der Waals surface area (Å²) in [4.78, 5) is 23.3. The van der Waals surface area contributed by atoms with Crippen LogP contribution < -0.4 is 9.05 Å². The van der Waals surface area contributed by atoms with E-state index < -0.39 is 15.6 Å². The zero-order valence-electron chi connectivity index (χ0n) is 35.6. The van der Waals surface area contributed by atoms with Crippen LogP contribution in [0.3, 0.4) is 0 Å². The van der Waals surface area contributed by atoms with Crippen molar-refractivity contribution >= 4 is 15.6 Å². The topological polar surface area (TPSA) is 112 Å². The second-order valence-electron chi connectivity index (χ2n) is 20.3. The van der Waals surface area contributed by atoms with Crippen molar-refractivity contribution in [3.8, 4) is 11.5 Å². The van der Waals surface area contributed by atoms with E-state index in [9.17, 15) is 18.9 Å². The number of fused-ring (bicyclic) bond motifs is 32. The van der Waals surface area contributed by atoms with Gasteiger partial charge in [-0.2, -0.15) is 0 Å². The molecule has 10 atom stereocenters. The lowest BCUT2D eigenvalue weighted by atomic mass is 9.74. The molecule has 8 aliphatic carbocycles. The highest BCUT2D eigenvalue weighted by Gasteiger charge is 2.56. The number of phosphoric acid groups is 2. The summed E-state index contributed by atoms with van der Waals surface area (Å²) in [5, 5.41) is 0. The van der Waals surface area contributed by atoms with Crippen molar-refractivity contribution in [2.24, 2.45) is 11.8 Å². The summed E-state index contributed by atoms with van der Waals surface area (Å²) in [6, 6.07) is 27.3. The molecule has 5 aromatic carbocycles. The lowest BCUT2D eigenvalue weighted by Crippen LogP contribution is -2.17. The molecule has 0 aromatic heterocycles. The molecular formula is C52H52O8P2. The molecule has 0 amide bonds. The van der Waals surface area contributed by atoms with E-state index in [1.54, 1.807) is 0 Å². The third-order valence-corrected chi connectivity index (χ3v) is 18.1. The van der Waals surface area contributed by atoms with E-state index in [-0.39, 0.29) is 48.7 Å². The van der Waals surface area contributed by atoms with Gasteiger partial charge in [-0.25, -0.2) is 9.13 Å². The molecule has 0 spiro atoms. The van der Waals surface area contributed by atoms with Gasteiger partial charge in [-0.15, -0.1) is 0 Å². The van der Waals surface area contributed by atoms with Gasteiger partial charge < -0.3 is 9.05 Å². The molecule has 0 aliphatic heterocycles. The minimum atomic E-state index is -4.62. The SMILES string of the molecule is CC(C)CCOP(=O)(O)Oc1c2c(c(OP(=O)(O)OCCC(C)C)c3c1C1CC3c3cc4c(cc31)C1CC4c3ccccc31)C1CC2c2cc3c(cc21)C1CC3c2ccccc21. The summed E-state index contributed by atoms with van der Waals surface area (Å²) in [6.45, 7) is 8.41. The summed E-state index contributed by atoms with van der Waals surface area (Å²) in [5.74, 6) is 2.11. The molecule has 318 valence electrons. The Morgan fingerprint density at radius 3 is 0.984 bits per heavy atom. The third kappa shape index (κ3) is 5.35. The zero-order valence-corrected chi connectivity index (χ0v) is 37.4. The van der Waals surface area contributed by atoms with Crippen molar-refractivity contribution < 1.29 is 37.0 Å². The Kier molecular flexibility index (Phi) is 8.24. The van der Waals surface area contributed by atoms with Crippen molar-refractivity contribution in [2.75, 3.05) is 13.2 Å². The van der Waals surface area contributed by atoms with Crippen LogP contribution in [0.4, 0.5) is 0 Å². The lowest BCUT2D eigenvalue weighted by molar-refractivity contribution is 0.189. The van der Waals surface area contributed by atoms with E-state index in [0.717, 1.165) is 47.9 Å². The molecule has 2 N–H and O–H groups in total. The summed E-state index contributed by atoms with van der Waals surface area (Å²) in [5.41, 5.74) is 19.2. The second-order valence-corrected chi connectivity index (χ2v) is 23.1. The fourth-order valence-electron chi connectivity index (χ4n) is 13.7. The van der Waals surface area contributed by atoms with Crippen molar-refractivity contribution in [1.82, 2.24) is 0 Å². The average Bonchev–Trinajstić information content (AvgIpc) is 4.12. The highest BCUT2D eigenvalue weighted by atomic mass is 31.2. The van der Waals surface area contributed by atoms with Crippen LogP contribution in [0.2, 0.25) is 0 Å². The molecular weight excluding hydrogens is 815 g/mol.